The van der Waals surface area contributed by atoms with Crippen LogP contribution < -0.4 is 5.32 Å². The number of carbonyl (C=O) groups is 1. The molecular weight excluding hydrogens is 305 g/mol. The fourth-order valence-electron chi connectivity index (χ4n) is 2.26. The smallest absolute Gasteiger partial charge is 0.389 e. The van der Waals surface area contributed by atoms with Gasteiger partial charge in [0.25, 0.3) is 0 Å². The van der Waals surface area contributed by atoms with Gasteiger partial charge in [-0.05, 0) is 26.2 Å². The maximum absolute atomic E-state index is 12.0. The third-order valence-electron chi connectivity index (χ3n) is 3.20. The minimum atomic E-state index is -4.12. The number of nitrogens with zero attached hydrogens (tertiary/aromatic N) is 1. The van der Waals surface area contributed by atoms with Crippen molar-refractivity contribution < 1.29 is 22.7 Å². The number of aromatic nitrogens is 1. The van der Waals surface area contributed by atoms with E-state index in [-0.39, 0.29) is 24.9 Å². The quantitative estimate of drug-likeness (QED) is 0.643. The molecule has 1 aliphatic rings. The van der Waals surface area contributed by atoms with E-state index in [0.29, 0.717) is 18.2 Å². The van der Waals surface area contributed by atoms with Crippen LogP contribution in [0.4, 0.5) is 18.3 Å². The molecule has 1 aliphatic carbocycles. The fourth-order valence-corrected chi connectivity index (χ4v) is 3.32. The number of anilines is 1. The molecule has 118 valence electrons. The Morgan fingerprint density at radius 3 is 2.95 bits per heavy atom. The summed E-state index contributed by atoms with van der Waals surface area (Å²) in [6.45, 7) is 2.30. The van der Waals surface area contributed by atoms with Gasteiger partial charge in [-0.15, -0.1) is 11.3 Å². The summed E-state index contributed by atoms with van der Waals surface area (Å²) >= 11 is 1.41. The Bertz CT molecular complexity index is 502. The van der Waals surface area contributed by atoms with Gasteiger partial charge in [-0.3, -0.25) is 4.79 Å². The van der Waals surface area contributed by atoms with Gasteiger partial charge in [-0.1, -0.05) is 0 Å². The minimum absolute atomic E-state index is 0.00898. The van der Waals surface area contributed by atoms with Crippen LogP contribution in [0.5, 0.6) is 0 Å². The predicted octanol–water partition coefficient (Wildman–Crippen LogP) is 3.49. The van der Waals surface area contributed by atoms with E-state index in [2.05, 4.69) is 10.3 Å². The number of hydrogen-bond donors (Lipinski definition) is 1. The number of ether oxygens (including phenoxy) is 1. The number of esters is 1. The van der Waals surface area contributed by atoms with Crippen LogP contribution >= 0.6 is 11.3 Å². The van der Waals surface area contributed by atoms with Crippen molar-refractivity contribution in [3.8, 4) is 0 Å². The number of halogens is 3. The molecule has 1 atom stereocenters. The highest BCUT2D eigenvalue weighted by Crippen LogP contribution is 2.39. The molecule has 8 heteroatoms. The van der Waals surface area contributed by atoms with Gasteiger partial charge in [0.1, 0.15) is 5.92 Å². The van der Waals surface area contributed by atoms with Crippen LogP contribution in [0.15, 0.2) is 0 Å². The molecule has 0 fully saturated rings. The van der Waals surface area contributed by atoms with Crippen LogP contribution in [0.25, 0.3) is 0 Å². The first-order valence-corrected chi connectivity index (χ1v) is 7.69. The van der Waals surface area contributed by atoms with E-state index >= 15 is 0 Å². The molecule has 0 amide bonds. The Labute approximate surface area is 124 Å². The lowest BCUT2D eigenvalue weighted by Gasteiger charge is -2.08. The number of thiazole rings is 1. The highest BCUT2D eigenvalue weighted by atomic mass is 32.1. The number of carbonyl (C=O) groups excluding carboxylic acids is 1. The van der Waals surface area contributed by atoms with Crippen molar-refractivity contribution in [2.45, 2.75) is 44.7 Å². The van der Waals surface area contributed by atoms with Gasteiger partial charge in [-0.25, -0.2) is 4.98 Å². The molecule has 21 heavy (non-hydrogen) atoms. The Kier molecular flexibility index (Phi) is 5.08. The van der Waals surface area contributed by atoms with Crippen molar-refractivity contribution in [2.75, 3.05) is 18.5 Å². The molecule has 1 unspecified atom stereocenters. The molecule has 0 saturated heterocycles. The van der Waals surface area contributed by atoms with E-state index in [1.165, 1.54) is 11.3 Å². The summed E-state index contributed by atoms with van der Waals surface area (Å²) in [6.07, 6.45) is -3.46. The average molecular weight is 322 g/mol. The SMILES string of the molecule is CCOC(=O)C1CCc2sc(NCCCC(F)(F)F)nc21. The van der Waals surface area contributed by atoms with E-state index in [1.807, 2.05) is 0 Å². The summed E-state index contributed by atoms with van der Waals surface area (Å²) in [5.41, 5.74) is 0.719. The van der Waals surface area contributed by atoms with Crippen molar-refractivity contribution in [3.05, 3.63) is 10.6 Å². The van der Waals surface area contributed by atoms with E-state index in [0.717, 1.165) is 17.0 Å². The van der Waals surface area contributed by atoms with Gasteiger partial charge in [-0.2, -0.15) is 13.2 Å². The van der Waals surface area contributed by atoms with Crippen LogP contribution in [-0.4, -0.2) is 30.3 Å². The average Bonchev–Trinajstić information content (AvgIpc) is 2.93. The Hall–Kier alpha value is -1.31. The van der Waals surface area contributed by atoms with E-state index in [4.69, 9.17) is 4.74 Å². The number of alkyl halides is 3. The number of rotatable bonds is 6. The van der Waals surface area contributed by atoms with Crippen LogP contribution in [0, 0.1) is 0 Å². The lowest BCUT2D eigenvalue weighted by Crippen LogP contribution is -2.14. The van der Waals surface area contributed by atoms with E-state index in [1.54, 1.807) is 6.92 Å². The van der Waals surface area contributed by atoms with Crippen molar-refractivity contribution in [1.29, 1.82) is 0 Å². The van der Waals surface area contributed by atoms with E-state index in [9.17, 15) is 18.0 Å². The molecule has 1 N–H and O–H groups in total. The summed E-state index contributed by atoms with van der Waals surface area (Å²) in [4.78, 5) is 17.1. The number of aryl methyl sites for hydroxylation is 1. The topological polar surface area (TPSA) is 51.2 Å². The number of nitrogens with one attached hydrogen (secondary N) is 1. The van der Waals surface area contributed by atoms with Crippen LogP contribution in [-0.2, 0) is 16.0 Å². The highest BCUT2D eigenvalue weighted by Gasteiger charge is 2.33. The zero-order chi connectivity index (χ0) is 15.5. The number of hydrogen-bond acceptors (Lipinski definition) is 5. The summed E-state index contributed by atoms with van der Waals surface area (Å²) in [7, 11) is 0. The second-order valence-electron chi connectivity index (χ2n) is 4.82. The lowest BCUT2D eigenvalue weighted by molar-refractivity contribution is -0.145. The summed E-state index contributed by atoms with van der Waals surface area (Å²) in [6, 6.07) is 0. The van der Waals surface area contributed by atoms with Crippen molar-refractivity contribution >= 4 is 22.4 Å². The predicted molar refractivity (Wildman–Crippen MR) is 73.6 cm³/mol. The number of fused-ring (bicyclic) bond motifs is 1. The molecule has 0 spiro atoms. The molecule has 0 bridgehead atoms. The van der Waals surface area contributed by atoms with Gasteiger partial charge >= 0.3 is 12.1 Å². The standard InChI is InChI=1S/C13H17F3N2O2S/c1-2-20-11(19)8-4-5-9-10(8)18-12(21-9)17-7-3-6-13(14,15)16/h8H,2-7H2,1H3,(H,17,18). The van der Waals surface area contributed by atoms with Gasteiger partial charge in [0.15, 0.2) is 5.13 Å². The maximum atomic E-state index is 12.0. The van der Waals surface area contributed by atoms with Crippen molar-refractivity contribution in [1.82, 2.24) is 4.98 Å². The molecule has 0 aliphatic heterocycles. The second kappa shape index (κ2) is 6.64. The molecular formula is C13H17F3N2O2S. The highest BCUT2D eigenvalue weighted by molar-refractivity contribution is 7.15. The molecule has 4 nitrogen and oxygen atoms in total. The Morgan fingerprint density at radius 2 is 2.29 bits per heavy atom. The normalized spacial score (nSPS) is 17.6. The van der Waals surface area contributed by atoms with Crippen molar-refractivity contribution in [2.24, 2.45) is 0 Å². The van der Waals surface area contributed by atoms with Gasteiger partial charge in [0.2, 0.25) is 0 Å². The summed E-state index contributed by atoms with van der Waals surface area (Å²) in [5, 5.41) is 3.47. The second-order valence-corrected chi connectivity index (χ2v) is 5.90. The molecule has 0 radical (unpaired) electrons. The zero-order valence-electron chi connectivity index (χ0n) is 11.6. The molecule has 1 aromatic rings. The van der Waals surface area contributed by atoms with Gasteiger partial charge < -0.3 is 10.1 Å². The third-order valence-corrected chi connectivity index (χ3v) is 4.29. The van der Waals surface area contributed by atoms with Crippen LogP contribution in [0.3, 0.4) is 0 Å². The maximum Gasteiger partial charge on any atom is 0.389 e. The largest absolute Gasteiger partial charge is 0.465 e. The first-order valence-electron chi connectivity index (χ1n) is 6.87. The van der Waals surface area contributed by atoms with Gasteiger partial charge in [0, 0.05) is 17.8 Å². The first-order chi connectivity index (χ1) is 9.90. The van der Waals surface area contributed by atoms with E-state index < -0.39 is 12.6 Å². The molecule has 0 saturated carbocycles. The van der Waals surface area contributed by atoms with Crippen LogP contribution in [0.1, 0.15) is 42.7 Å². The lowest BCUT2D eigenvalue weighted by atomic mass is 10.1. The van der Waals surface area contributed by atoms with Gasteiger partial charge in [0.05, 0.1) is 12.3 Å². The Morgan fingerprint density at radius 1 is 1.52 bits per heavy atom. The van der Waals surface area contributed by atoms with Crippen molar-refractivity contribution in [3.63, 3.8) is 0 Å². The van der Waals surface area contributed by atoms with Crippen LogP contribution in [0.2, 0.25) is 0 Å². The fraction of sp³-hybridized carbons (Fsp3) is 0.692. The molecule has 1 heterocycles. The monoisotopic (exact) mass is 322 g/mol. The molecule has 0 aromatic carbocycles. The summed E-state index contributed by atoms with van der Waals surface area (Å²) in [5.74, 6) is -0.605. The molecule has 2 rings (SSSR count). The zero-order valence-corrected chi connectivity index (χ0v) is 12.4. The molecule has 1 aromatic heterocycles. The summed E-state index contributed by atoms with van der Waals surface area (Å²) < 4.78 is 41.1. The first kappa shape index (κ1) is 16.1. The minimum Gasteiger partial charge on any atom is -0.465 e. The third kappa shape index (κ3) is 4.33. The Balaban J connectivity index is 1.88.